The molecule has 10 heteroatoms. The topological polar surface area (TPSA) is 101 Å². The number of carbonyl (C=O) groups excluding carboxylic acids is 1. The van der Waals surface area contributed by atoms with Gasteiger partial charge < -0.3 is 15.0 Å². The Hall–Kier alpha value is -3.66. The van der Waals surface area contributed by atoms with Crippen molar-refractivity contribution in [2.45, 2.75) is 24.2 Å². The summed E-state index contributed by atoms with van der Waals surface area (Å²) in [5.74, 6) is -0.743. The quantitative estimate of drug-likeness (QED) is 0.486. The van der Waals surface area contributed by atoms with Gasteiger partial charge in [0.1, 0.15) is 10.6 Å². The molecule has 0 spiro atoms. The molecule has 4 rings (SSSR count). The number of pyridine rings is 1. The summed E-state index contributed by atoms with van der Waals surface area (Å²) in [6.45, 7) is 1.49. The molecule has 1 aliphatic heterocycles. The highest BCUT2D eigenvalue weighted by molar-refractivity contribution is 7.92. The largest absolute Gasteiger partial charge is 0.497 e. The minimum Gasteiger partial charge on any atom is -0.497 e. The van der Waals surface area contributed by atoms with Gasteiger partial charge in [-0.3, -0.25) is 9.52 Å². The van der Waals surface area contributed by atoms with Gasteiger partial charge in [-0.15, -0.1) is 0 Å². The molecule has 0 radical (unpaired) electrons. The molecule has 1 amide bonds. The number of sulfonamides is 1. The van der Waals surface area contributed by atoms with Gasteiger partial charge in [0.05, 0.1) is 12.8 Å². The number of halogens is 1. The fourth-order valence-corrected chi connectivity index (χ4v) is 5.13. The SMILES string of the molecule is COc1ccc(NS(=O)(=O)c2cc(NC(=O)c3ccnc(F)c3)ccc2N2CCCCC2)cc1. The fourth-order valence-electron chi connectivity index (χ4n) is 3.82. The van der Waals surface area contributed by atoms with Gasteiger partial charge in [0.2, 0.25) is 5.95 Å². The maximum Gasteiger partial charge on any atom is 0.264 e. The van der Waals surface area contributed by atoms with Crippen LogP contribution in [0.4, 0.5) is 21.5 Å². The van der Waals surface area contributed by atoms with Crippen molar-refractivity contribution in [1.29, 1.82) is 0 Å². The molecular formula is C24H25FN4O4S. The van der Waals surface area contributed by atoms with Gasteiger partial charge in [0.15, 0.2) is 0 Å². The average molecular weight is 485 g/mol. The Morgan fingerprint density at radius 3 is 2.38 bits per heavy atom. The van der Waals surface area contributed by atoms with Gasteiger partial charge in [0.25, 0.3) is 15.9 Å². The molecule has 0 atom stereocenters. The normalized spacial score (nSPS) is 13.9. The van der Waals surface area contributed by atoms with E-state index < -0.39 is 21.9 Å². The predicted octanol–water partition coefficient (Wildman–Crippen LogP) is 4.27. The molecule has 2 N–H and O–H groups in total. The Kier molecular flexibility index (Phi) is 6.97. The van der Waals surface area contributed by atoms with E-state index in [1.807, 2.05) is 4.90 Å². The predicted molar refractivity (Wildman–Crippen MR) is 128 cm³/mol. The summed E-state index contributed by atoms with van der Waals surface area (Å²) < 4.78 is 48.0. The summed E-state index contributed by atoms with van der Waals surface area (Å²) in [6.07, 6.45) is 4.23. The Labute approximate surface area is 197 Å². The number of hydrogen-bond donors (Lipinski definition) is 2. The number of carbonyl (C=O) groups is 1. The van der Waals surface area contributed by atoms with E-state index in [0.29, 0.717) is 17.1 Å². The van der Waals surface area contributed by atoms with E-state index in [1.54, 1.807) is 36.4 Å². The fraction of sp³-hybridized carbons (Fsp3) is 0.250. The van der Waals surface area contributed by atoms with Crippen molar-refractivity contribution in [2.24, 2.45) is 0 Å². The molecular weight excluding hydrogens is 459 g/mol. The monoisotopic (exact) mass is 484 g/mol. The van der Waals surface area contributed by atoms with Crippen LogP contribution in [-0.4, -0.2) is 39.5 Å². The minimum atomic E-state index is -4.00. The summed E-state index contributed by atoms with van der Waals surface area (Å²) in [7, 11) is -2.46. The molecule has 3 aromatic rings. The summed E-state index contributed by atoms with van der Waals surface area (Å²) in [5.41, 5.74) is 1.30. The zero-order valence-electron chi connectivity index (χ0n) is 18.6. The zero-order chi connectivity index (χ0) is 24.1. The molecule has 0 aliphatic carbocycles. The summed E-state index contributed by atoms with van der Waals surface area (Å²) in [6, 6.07) is 13.7. The first-order valence-corrected chi connectivity index (χ1v) is 12.3. The molecule has 2 heterocycles. The van der Waals surface area contributed by atoms with E-state index in [0.717, 1.165) is 38.4 Å². The van der Waals surface area contributed by atoms with Gasteiger partial charge in [-0.1, -0.05) is 0 Å². The summed E-state index contributed by atoms with van der Waals surface area (Å²) in [5, 5.41) is 2.65. The number of benzene rings is 2. The van der Waals surface area contributed by atoms with Gasteiger partial charge >= 0.3 is 0 Å². The van der Waals surface area contributed by atoms with Crippen molar-refractivity contribution in [3.05, 3.63) is 72.3 Å². The maximum atomic E-state index is 13.4. The van der Waals surface area contributed by atoms with Crippen molar-refractivity contribution >= 4 is 33.0 Å². The maximum absolute atomic E-state index is 13.4. The number of methoxy groups -OCH3 is 1. The molecule has 1 aliphatic rings. The van der Waals surface area contributed by atoms with Gasteiger partial charge in [-0.2, -0.15) is 4.39 Å². The van der Waals surface area contributed by atoms with Crippen LogP contribution in [0.15, 0.2) is 65.7 Å². The third-order valence-corrected chi connectivity index (χ3v) is 6.95. The third kappa shape index (κ3) is 5.45. The Balaban J connectivity index is 1.67. The van der Waals surface area contributed by atoms with E-state index in [2.05, 4.69) is 15.0 Å². The molecule has 1 saturated heterocycles. The number of aromatic nitrogens is 1. The number of anilines is 3. The van der Waals surface area contributed by atoms with Crippen molar-refractivity contribution in [3.8, 4) is 5.75 Å². The molecule has 178 valence electrons. The molecule has 8 nitrogen and oxygen atoms in total. The second-order valence-corrected chi connectivity index (χ2v) is 9.54. The smallest absolute Gasteiger partial charge is 0.264 e. The Bertz CT molecular complexity index is 1280. The van der Waals surface area contributed by atoms with Crippen molar-refractivity contribution in [2.75, 3.05) is 35.1 Å². The van der Waals surface area contributed by atoms with Crippen LogP contribution in [0.2, 0.25) is 0 Å². The number of nitrogens with zero attached hydrogens (tertiary/aromatic N) is 2. The standard InChI is InChI=1S/C24H25FN4O4S/c1-33-20-8-5-18(6-9-20)28-34(31,32)22-16-19(7-10-21(22)29-13-3-2-4-14-29)27-24(30)17-11-12-26-23(25)15-17/h5-12,15-16,28H,2-4,13-14H2,1H3,(H,27,30). The van der Waals surface area contributed by atoms with Crippen LogP contribution in [0.5, 0.6) is 5.75 Å². The van der Waals surface area contributed by atoms with Gasteiger partial charge in [-0.05, 0) is 67.8 Å². The van der Waals surface area contributed by atoms with Crippen LogP contribution in [0.25, 0.3) is 0 Å². The third-order valence-electron chi connectivity index (χ3n) is 5.53. The van der Waals surface area contributed by atoms with E-state index in [-0.39, 0.29) is 16.1 Å². The molecule has 1 aromatic heterocycles. The molecule has 2 aromatic carbocycles. The lowest BCUT2D eigenvalue weighted by atomic mass is 10.1. The van der Waals surface area contributed by atoms with Crippen molar-refractivity contribution < 1.29 is 22.3 Å². The number of ether oxygens (including phenoxy) is 1. The van der Waals surface area contributed by atoms with E-state index in [4.69, 9.17) is 4.74 Å². The van der Waals surface area contributed by atoms with Crippen molar-refractivity contribution in [3.63, 3.8) is 0 Å². The molecule has 1 fully saturated rings. The van der Waals surface area contributed by atoms with Crippen LogP contribution in [0.1, 0.15) is 29.6 Å². The molecule has 34 heavy (non-hydrogen) atoms. The number of hydrogen-bond acceptors (Lipinski definition) is 6. The molecule has 0 bridgehead atoms. The zero-order valence-corrected chi connectivity index (χ0v) is 19.4. The van der Waals surface area contributed by atoms with E-state index in [1.165, 1.54) is 25.4 Å². The number of amides is 1. The lowest BCUT2D eigenvalue weighted by Crippen LogP contribution is -2.31. The second-order valence-electron chi connectivity index (χ2n) is 7.89. The first kappa shape index (κ1) is 23.5. The van der Waals surface area contributed by atoms with Crippen LogP contribution in [-0.2, 0) is 10.0 Å². The molecule has 0 unspecified atom stereocenters. The number of rotatable bonds is 7. The highest BCUT2D eigenvalue weighted by atomic mass is 32.2. The van der Waals surface area contributed by atoms with Crippen LogP contribution < -0.4 is 19.7 Å². The first-order valence-electron chi connectivity index (χ1n) is 10.8. The number of nitrogens with one attached hydrogen (secondary N) is 2. The lowest BCUT2D eigenvalue weighted by Gasteiger charge is -2.30. The van der Waals surface area contributed by atoms with Crippen LogP contribution in [0, 0.1) is 5.95 Å². The van der Waals surface area contributed by atoms with Gasteiger partial charge in [0, 0.05) is 42.3 Å². The van der Waals surface area contributed by atoms with Crippen LogP contribution in [0.3, 0.4) is 0 Å². The lowest BCUT2D eigenvalue weighted by molar-refractivity contribution is 0.102. The Morgan fingerprint density at radius 2 is 1.71 bits per heavy atom. The van der Waals surface area contributed by atoms with E-state index in [9.17, 15) is 17.6 Å². The molecule has 0 saturated carbocycles. The number of piperidine rings is 1. The average Bonchev–Trinajstić information content (AvgIpc) is 2.85. The Morgan fingerprint density at radius 1 is 1.00 bits per heavy atom. The summed E-state index contributed by atoms with van der Waals surface area (Å²) in [4.78, 5) is 18.1. The highest BCUT2D eigenvalue weighted by Gasteiger charge is 2.24. The first-order chi connectivity index (χ1) is 16.4. The summed E-state index contributed by atoms with van der Waals surface area (Å²) >= 11 is 0. The van der Waals surface area contributed by atoms with Crippen LogP contribution >= 0.6 is 0 Å². The van der Waals surface area contributed by atoms with E-state index >= 15 is 0 Å². The highest BCUT2D eigenvalue weighted by Crippen LogP contribution is 2.32. The minimum absolute atomic E-state index is 0.0453. The second kappa shape index (κ2) is 10.1. The van der Waals surface area contributed by atoms with Crippen molar-refractivity contribution in [1.82, 2.24) is 4.98 Å². The van der Waals surface area contributed by atoms with Gasteiger partial charge in [-0.25, -0.2) is 13.4 Å².